The van der Waals surface area contributed by atoms with E-state index in [9.17, 15) is 4.79 Å². The Kier molecular flexibility index (Phi) is 7.12. The number of benzene rings is 1. The second-order valence-electron chi connectivity index (χ2n) is 6.59. The van der Waals surface area contributed by atoms with Gasteiger partial charge in [-0.05, 0) is 48.9 Å². The molecule has 0 atom stereocenters. The molecule has 2 aromatic rings. The summed E-state index contributed by atoms with van der Waals surface area (Å²) in [5.41, 5.74) is 1.04. The van der Waals surface area contributed by atoms with E-state index in [1.807, 2.05) is 47.5 Å². The number of carbonyl (C=O) groups is 1. The van der Waals surface area contributed by atoms with Gasteiger partial charge in [-0.15, -0.1) is 11.3 Å². The lowest BCUT2D eigenvalue weighted by molar-refractivity contribution is -0.139. The first-order valence-corrected chi connectivity index (χ1v) is 10.3. The summed E-state index contributed by atoms with van der Waals surface area (Å²) >= 11 is 1.67. The number of amides is 1. The summed E-state index contributed by atoms with van der Waals surface area (Å²) in [5.74, 6) is 1.71. The van der Waals surface area contributed by atoms with Crippen molar-refractivity contribution in [3.05, 3.63) is 46.2 Å². The first-order chi connectivity index (χ1) is 13.2. The van der Waals surface area contributed by atoms with Crippen LogP contribution in [0.25, 0.3) is 0 Å². The molecule has 0 saturated carbocycles. The second-order valence-corrected chi connectivity index (χ2v) is 7.62. The van der Waals surface area contributed by atoms with E-state index in [4.69, 9.17) is 14.2 Å². The minimum atomic E-state index is 0.0778. The van der Waals surface area contributed by atoms with Crippen LogP contribution >= 0.6 is 11.3 Å². The van der Waals surface area contributed by atoms with Crippen molar-refractivity contribution in [2.45, 2.75) is 32.9 Å². The van der Waals surface area contributed by atoms with Gasteiger partial charge in [-0.1, -0.05) is 12.1 Å². The Balaban J connectivity index is 1.65. The molecule has 1 aliphatic heterocycles. The monoisotopic (exact) mass is 389 g/mol. The summed E-state index contributed by atoms with van der Waals surface area (Å²) in [4.78, 5) is 15.9. The topological polar surface area (TPSA) is 48.0 Å². The van der Waals surface area contributed by atoms with E-state index >= 15 is 0 Å². The highest BCUT2D eigenvalue weighted by atomic mass is 32.1. The molecule has 1 aliphatic rings. The number of methoxy groups -OCH3 is 1. The van der Waals surface area contributed by atoms with Gasteiger partial charge in [0.15, 0.2) is 11.5 Å². The first-order valence-electron chi connectivity index (χ1n) is 9.40. The third-order valence-electron chi connectivity index (χ3n) is 4.82. The zero-order valence-corrected chi connectivity index (χ0v) is 16.8. The van der Waals surface area contributed by atoms with Crippen molar-refractivity contribution in [3.8, 4) is 11.5 Å². The van der Waals surface area contributed by atoms with Crippen LogP contribution in [0.15, 0.2) is 35.7 Å². The lowest BCUT2D eigenvalue weighted by atomic mass is 9.98. The summed E-state index contributed by atoms with van der Waals surface area (Å²) in [6.45, 7) is 5.17. The number of thiophene rings is 1. The molecule has 3 rings (SSSR count). The second kappa shape index (κ2) is 9.76. The van der Waals surface area contributed by atoms with Crippen LogP contribution < -0.4 is 9.47 Å². The number of rotatable bonds is 8. The highest BCUT2D eigenvalue weighted by Crippen LogP contribution is 2.30. The van der Waals surface area contributed by atoms with Crippen LogP contribution in [-0.2, 0) is 22.7 Å². The molecule has 1 saturated heterocycles. The molecule has 0 radical (unpaired) electrons. The zero-order chi connectivity index (χ0) is 19.1. The molecule has 6 heteroatoms. The molecule has 1 fully saturated rings. The van der Waals surface area contributed by atoms with E-state index < -0.39 is 0 Å². The molecular formula is C21H27NO4S. The van der Waals surface area contributed by atoms with Crippen molar-refractivity contribution in [2.75, 3.05) is 26.9 Å². The molecule has 0 spiro atoms. The fourth-order valence-electron chi connectivity index (χ4n) is 3.24. The Morgan fingerprint density at radius 2 is 2.07 bits per heavy atom. The first kappa shape index (κ1) is 19.7. The SMILES string of the molecule is CCN(Cc1ccc(OCc2cccs2)c(OC)c1)C(=O)C1CCOCC1. The standard InChI is InChI=1S/C21H27NO4S/c1-3-22(21(23)17-8-10-25-11-9-17)14-16-6-7-19(20(13-16)24-2)26-15-18-5-4-12-27-18/h4-7,12-13,17H,3,8-11,14-15H2,1-2H3. The van der Waals surface area contributed by atoms with Gasteiger partial charge >= 0.3 is 0 Å². The number of carbonyl (C=O) groups excluding carboxylic acids is 1. The number of hydrogen-bond acceptors (Lipinski definition) is 5. The molecule has 0 N–H and O–H groups in total. The van der Waals surface area contributed by atoms with Crippen LogP contribution in [0.3, 0.4) is 0 Å². The fraction of sp³-hybridized carbons (Fsp3) is 0.476. The van der Waals surface area contributed by atoms with Crippen molar-refractivity contribution in [3.63, 3.8) is 0 Å². The lowest BCUT2D eigenvalue weighted by Crippen LogP contribution is -2.38. The molecule has 1 aromatic heterocycles. The average Bonchev–Trinajstić information content (AvgIpc) is 3.24. The maximum absolute atomic E-state index is 12.8. The molecule has 0 bridgehead atoms. The predicted octanol–water partition coefficient (Wildman–Crippen LogP) is 4.11. The van der Waals surface area contributed by atoms with Crippen molar-refractivity contribution >= 4 is 17.2 Å². The van der Waals surface area contributed by atoms with Crippen LogP contribution in [0.1, 0.15) is 30.2 Å². The summed E-state index contributed by atoms with van der Waals surface area (Å²) in [5, 5.41) is 2.04. The van der Waals surface area contributed by atoms with Gasteiger partial charge in [0, 0.05) is 37.1 Å². The molecule has 27 heavy (non-hydrogen) atoms. The molecule has 1 aromatic carbocycles. The molecule has 146 valence electrons. The number of ether oxygens (including phenoxy) is 3. The quantitative estimate of drug-likeness (QED) is 0.682. The van der Waals surface area contributed by atoms with Crippen LogP contribution in [-0.4, -0.2) is 37.7 Å². The maximum atomic E-state index is 12.8. The maximum Gasteiger partial charge on any atom is 0.226 e. The number of hydrogen-bond donors (Lipinski definition) is 0. The Hall–Kier alpha value is -2.05. The lowest BCUT2D eigenvalue weighted by Gasteiger charge is -2.28. The van der Waals surface area contributed by atoms with E-state index in [1.165, 1.54) is 4.88 Å². The highest BCUT2D eigenvalue weighted by Gasteiger charge is 2.25. The highest BCUT2D eigenvalue weighted by molar-refractivity contribution is 7.09. The smallest absolute Gasteiger partial charge is 0.226 e. The molecule has 0 unspecified atom stereocenters. The third-order valence-corrected chi connectivity index (χ3v) is 5.67. The third kappa shape index (κ3) is 5.23. The van der Waals surface area contributed by atoms with Crippen LogP contribution in [0.2, 0.25) is 0 Å². The molecule has 2 heterocycles. The van der Waals surface area contributed by atoms with Gasteiger partial charge in [-0.3, -0.25) is 4.79 Å². The Morgan fingerprint density at radius 3 is 2.74 bits per heavy atom. The van der Waals surface area contributed by atoms with Crippen LogP contribution in [0, 0.1) is 5.92 Å². The molecular weight excluding hydrogens is 362 g/mol. The van der Waals surface area contributed by atoms with Gasteiger partial charge in [0.25, 0.3) is 0 Å². The average molecular weight is 390 g/mol. The van der Waals surface area contributed by atoms with Crippen molar-refractivity contribution in [2.24, 2.45) is 5.92 Å². The van der Waals surface area contributed by atoms with Gasteiger partial charge in [0.1, 0.15) is 6.61 Å². The van der Waals surface area contributed by atoms with Crippen LogP contribution in [0.5, 0.6) is 11.5 Å². The van der Waals surface area contributed by atoms with Crippen molar-refractivity contribution < 1.29 is 19.0 Å². The van der Waals surface area contributed by atoms with Gasteiger partial charge in [0.05, 0.1) is 7.11 Å². The summed E-state index contributed by atoms with van der Waals surface area (Å²) in [7, 11) is 1.64. The number of nitrogens with zero attached hydrogens (tertiary/aromatic N) is 1. The van der Waals surface area contributed by atoms with Gasteiger partial charge in [-0.25, -0.2) is 0 Å². The van der Waals surface area contributed by atoms with E-state index in [0.29, 0.717) is 44.4 Å². The largest absolute Gasteiger partial charge is 0.493 e. The van der Waals surface area contributed by atoms with Gasteiger partial charge < -0.3 is 19.1 Å². The Labute approximate surface area is 164 Å². The van der Waals surface area contributed by atoms with E-state index in [2.05, 4.69) is 0 Å². The van der Waals surface area contributed by atoms with E-state index in [-0.39, 0.29) is 11.8 Å². The van der Waals surface area contributed by atoms with E-state index in [0.717, 1.165) is 18.4 Å². The minimum Gasteiger partial charge on any atom is -0.493 e. The van der Waals surface area contributed by atoms with Crippen molar-refractivity contribution in [1.29, 1.82) is 0 Å². The zero-order valence-electron chi connectivity index (χ0n) is 16.0. The molecule has 5 nitrogen and oxygen atoms in total. The Bertz CT molecular complexity index is 726. The summed E-state index contributed by atoms with van der Waals surface area (Å²) in [6.07, 6.45) is 1.63. The van der Waals surface area contributed by atoms with Crippen molar-refractivity contribution in [1.82, 2.24) is 4.90 Å². The summed E-state index contributed by atoms with van der Waals surface area (Å²) in [6, 6.07) is 9.95. The summed E-state index contributed by atoms with van der Waals surface area (Å²) < 4.78 is 16.8. The van der Waals surface area contributed by atoms with Gasteiger partial charge in [-0.2, -0.15) is 0 Å². The Morgan fingerprint density at radius 1 is 1.26 bits per heavy atom. The van der Waals surface area contributed by atoms with E-state index in [1.54, 1.807) is 18.4 Å². The fourth-order valence-corrected chi connectivity index (χ4v) is 3.86. The predicted molar refractivity (Wildman–Crippen MR) is 106 cm³/mol. The molecule has 0 aliphatic carbocycles. The van der Waals surface area contributed by atoms with Crippen LogP contribution in [0.4, 0.5) is 0 Å². The minimum absolute atomic E-state index is 0.0778. The molecule has 1 amide bonds. The van der Waals surface area contributed by atoms with Gasteiger partial charge in [0.2, 0.25) is 5.91 Å². The normalized spacial score (nSPS) is 14.7.